The zero-order chi connectivity index (χ0) is 17.5. The van der Waals surface area contributed by atoms with Crippen LogP contribution in [0.2, 0.25) is 0 Å². The minimum atomic E-state index is -0.256. The van der Waals surface area contributed by atoms with Gasteiger partial charge >= 0.3 is 0 Å². The number of rotatable bonds is 4. The number of aromatic nitrogens is 2. The van der Waals surface area contributed by atoms with E-state index in [0.29, 0.717) is 0 Å². The molecule has 2 aromatic carbocycles. The highest BCUT2D eigenvalue weighted by molar-refractivity contribution is 6.00. The highest BCUT2D eigenvalue weighted by atomic mass is 15.3. The molecule has 4 heteroatoms. The van der Waals surface area contributed by atoms with Gasteiger partial charge in [0.1, 0.15) is 0 Å². The van der Waals surface area contributed by atoms with Crippen LogP contribution in [0, 0.1) is 6.92 Å². The molecule has 0 fully saturated rings. The van der Waals surface area contributed by atoms with E-state index in [1.165, 1.54) is 5.56 Å². The van der Waals surface area contributed by atoms with Crippen LogP contribution in [0.3, 0.4) is 0 Å². The lowest BCUT2D eigenvalue weighted by molar-refractivity contribution is 0.413. The Morgan fingerprint density at radius 3 is 2.25 bits per heavy atom. The maximum atomic E-state index is 6.50. The van der Waals surface area contributed by atoms with Gasteiger partial charge in [0.15, 0.2) is 0 Å². The van der Waals surface area contributed by atoms with Gasteiger partial charge < -0.3 is 11.5 Å². The van der Waals surface area contributed by atoms with Gasteiger partial charge in [-0.3, -0.25) is 4.68 Å². The van der Waals surface area contributed by atoms with E-state index < -0.39 is 0 Å². The van der Waals surface area contributed by atoms with Crippen molar-refractivity contribution >= 4 is 16.6 Å². The molecule has 0 aliphatic rings. The number of hydrogen-bond donors (Lipinski definition) is 2. The van der Waals surface area contributed by atoms with Crippen molar-refractivity contribution in [1.82, 2.24) is 9.78 Å². The van der Waals surface area contributed by atoms with Crippen LogP contribution in [0.4, 0.5) is 5.69 Å². The summed E-state index contributed by atoms with van der Waals surface area (Å²) >= 11 is 0. The second-order valence-electron chi connectivity index (χ2n) is 6.57. The second-order valence-corrected chi connectivity index (χ2v) is 6.57. The highest BCUT2D eigenvalue weighted by Crippen LogP contribution is 2.35. The maximum absolute atomic E-state index is 6.50. The van der Waals surface area contributed by atoms with E-state index >= 15 is 0 Å². The number of hydrogen-bond acceptors (Lipinski definition) is 3. The fourth-order valence-corrected chi connectivity index (χ4v) is 3.48. The van der Waals surface area contributed by atoms with Gasteiger partial charge in [-0.2, -0.15) is 5.10 Å². The molecular weight excluding hydrogens is 296 g/mol. The fraction of sp³-hybridized carbons (Fsp3) is 0.350. The molecule has 0 atom stereocenters. The first-order valence-electron chi connectivity index (χ1n) is 8.53. The number of anilines is 1. The summed E-state index contributed by atoms with van der Waals surface area (Å²) in [6.45, 7) is 6.26. The third-order valence-corrected chi connectivity index (χ3v) is 5.27. The molecule has 1 heterocycles. The molecule has 0 amide bonds. The summed E-state index contributed by atoms with van der Waals surface area (Å²) in [5.74, 6) is 0. The minimum absolute atomic E-state index is 0.256. The summed E-state index contributed by atoms with van der Waals surface area (Å²) in [6.07, 6.45) is 1.84. The molecule has 0 saturated heterocycles. The Kier molecular flexibility index (Phi) is 4.10. The van der Waals surface area contributed by atoms with Gasteiger partial charge in [0, 0.05) is 23.5 Å². The predicted octanol–water partition coefficient (Wildman–Crippen LogP) is 4.10. The van der Waals surface area contributed by atoms with Crippen LogP contribution in [0.5, 0.6) is 0 Å². The zero-order valence-corrected chi connectivity index (χ0v) is 14.9. The van der Waals surface area contributed by atoms with Gasteiger partial charge in [-0.05, 0) is 37.0 Å². The Morgan fingerprint density at radius 1 is 1.04 bits per heavy atom. The molecule has 0 bridgehead atoms. The normalized spacial score (nSPS) is 12.0. The Morgan fingerprint density at radius 2 is 1.67 bits per heavy atom. The number of nitrogen functional groups attached to an aromatic ring is 1. The molecule has 126 valence electrons. The lowest BCUT2D eigenvalue weighted by Gasteiger charge is -2.27. The van der Waals surface area contributed by atoms with Crippen LogP contribution in [0.1, 0.15) is 37.9 Å². The maximum Gasteiger partial charge on any atom is 0.0703 e. The predicted molar refractivity (Wildman–Crippen MR) is 102 cm³/mol. The van der Waals surface area contributed by atoms with Gasteiger partial charge in [0.05, 0.1) is 16.9 Å². The van der Waals surface area contributed by atoms with Crippen LogP contribution >= 0.6 is 0 Å². The number of benzene rings is 2. The number of fused-ring (bicyclic) bond motifs is 1. The molecule has 4 nitrogen and oxygen atoms in total. The number of nitrogens with two attached hydrogens (primary N) is 2. The van der Waals surface area contributed by atoms with Crippen molar-refractivity contribution < 1.29 is 0 Å². The molecule has 4 N–H and O–H groups in total. The Hall–Kier alpha value is -2.33. The molecular formula is C20H26N4. The van der Waals surface area contributed by atoms with E-state index in [1.54, 1.807) is 0 Å². The van der Waals surface area contributed by atoms with E-state index in [4.69, 9.17) is 11.5 Å². The van der Waals surface area contributed by atoms with Crippen molar-refractivity contribution in [3.05, 3.63) is 47.7 Å². The summed E-state index contributed by atoms with van der Waals surface area (Å²) in [6, 6.07) is 12.6. The smallest absolute Gasteiger partial charge is 0.0703 e. The van der Waals surface area contributed by atoms with Gasteiger partial charge in [-0.15, -0.1) is 0 Å². The monoisotopic (exact) mass is 322 g/mol. The van der Waals surface area contributed by atoms with E-state index in [9.17, 15) is 0 Å². The summed E-state index contributed by atoms with van der Waals surface area (Å²) in [4.78, 5) is 0. The number of nitrogens with zero attached hydrogens (tertiary/aromatic N) is 2. The molecule has 0 aliphatic heterocycles. The SMILES string of the molecule is CCC(N)(CC)c1ccc(-c2ccc3c(c(C)nn3C)c2N)cc1. The average Bonchev–Trinajstić information content (AvgIpc) is 2.89. The van der Waals surface area contributed by atoms with Crippen molar-refractivity contribution in [2.24, 2.45) is 12.8 Å². The molecule has 3 aromatic rings. The van der Waals surface area contributed by atoms with E-state index in [-0.39, 0.29) is 5.54 Å². The van der Waals surface area contributed by atoms with Gasteiger partial charge in [0.25, 0.3) is 0 Å². The molecule has 0 aliphatic carbocycles. The molecule has 0 unspecified atom stereocenters. The van der Waals surface area contributed by atoms with E-state index in [2.05, 4.69) is 55.3 Å². The zero-order valence-electron chi connectivity index (χ0n) is 14.9. The van der Waals surface area contributed by atoms with Crippen LogP contribution in [-0.2, 0) is 12.6 Å². The van der Waals surface area contributed by atoms with Crippen molar-refractivity contribution in [1.29, 1.82) is 0 Å². The Balaban J connectivity index is 2.08. The first-order chi connectivity index (χ1) is 11.4. The Bertz CT molecular complexity index is 871. The lowest BCUT2D eigenvalue weighted by atomic mass is 9.85. The van der Waals surface area contributed by atoms with E-state index in [1.807, 2.05) is 18.7 Å². The highest BCUT2D eigenvalue weighted by Gasteiger charge is 2.22. The van der Waals surface area contributed by atoms with Crippen molar-refractivity contribution in [3.63, 3.8) is 0 Å². The molecule has 0 spiro atoms. The summed E-state index contributed by atoms with van der Waals surface area (Å²) in [7, 11) is 1.94. The third-order valence-electron chi connectivity index (χ3n) is 5.27. The third kappa shape index (κ3) is 2.47. The standard InChI is InChI=1S/C20H26N4/c1-5-20(22,6-2)15-9-7-14(8-10-15)16-11-12-17-18(19(16)21)13(3)23-24(17)4/h7-12H,5-6,21-22H2,1-4H3. The van der Waals surface area contributed by atoms with Gasteiger partial charge in [0.2, 0.25) is 0 Å². The minimum Gasteiger partial charge on any atom is -0.398 e. The van der Waals surface area contributed by atoms with E-state index in [0.717, 1.165) is 46.3 Å². The Labute approximate surface area is 143 Å². The largest absolute Gasteiger partial charge is 0.398 e. The lowest BCUT2D eigenvalue weighted by Crippen LogP contribution is -2.34. The first kappa shape index (κ1) is 16.5. The second kappa shape index (κ2) is 5.95. The molecule has 0 saturated carbocycles. The summed E-state index contributed by atoms with van der Waals surface area (Å²) < 4.78 is 1.87. The molecule has 1 aromatic heterocycles. The topological polar surface area (TPSA) is 69.9 Å². The van der Waals surface area contributed by atoms with Gasteiger partial charge in [-0.1, -0.05) is 44.2 Å². The summed E-state index contributed by atoms with van der Waals surface area (Å²) in [5.41, 5.74) is 18.8. The van der Waals surface area contributed by atoms with Gasteiger partial charge in [-0.25, -0.2) is 0 Å². The molecule has 24 heavy (non-hydrogen) atoms. The van der Waals surface area contributed by atoms with Crippen LogP contribution < -0.4 is 11.5 Å². The van der Waals surface area contributed by atoms with Crippen LogP contribution in [0.15, 0.2) is 36.4 Å². The van der Waals surface area contributed by atoms with Crippen LogP contribution in [0.25, 0.3) is 22.0 Å². The van der Waals surface area contributed by atoms with Crippen molar-refractivity contribution in [2.45, 2.75) is 39.2 Å². The fourth-order valence-electron chi connectivity index (χ4n) is 3.48. The van der Waals surface area contributed by atoms with Crippen molar-refractivity contribution in [2.75, 3.05) is 5.73 Å². The average molecular weight is 322 g/mol. The first-order valence-corrected chi connectivity index (χ1v) is 8.53. The van der Waals surface area contributed by atoms with Crippen molar-refractivity contribution in [3.8, 4) is 11.1 Å². The number of aryl methyl sites for hydroxylation is 2. The van der Waals surface area contributed by atoms with Crippen LogP contribution in [-0.4, -0.2) is 9.78 Å². The quantitative estimate of drug-likeness (QED) is 0.710. The summed E-state index contributed by atoms with van der Waals surface area (Å²) in [5, 5.41) is 5.51. The molecule has 3 rings (SSSR count). The molecule has 0 radical (unpaired) electrons.